The molecule has 2 aromatic rings. The number of nitrogens with one attached hydrogen (secondary N) is 1. The first-order chi connectivity index (χ1) is 15.1. The molecule has 0 heterocycles. The quantitative estimate of drug-likeness (QED) is 0.399. The fourth-order valence-electron chi connectivity index (χ4n) is 3.11. The summed E-state index contributed by atoms with van der Waals surface area (Å²) in [6.07, 6.45) is 1.62. The number of carbonyl (C=O) groups excluding carboxylic acids is 1. The highest BCUT2D eigenvalue weighted by atomic mass is 16.5. The van der Waals surface area contributed by atoms with Gasteiger partial charge in [-0.1, -0.05) is 12.1 Å². The summed E-state index contributed by atoms with van der Waals surface area (Å²) in [6, 6.07) is 11.3. The van der Waals surface area contributed by atoms with Crippen molar-refractivity contribution < 1.29 is 19.0 Å². The Hall–Kier alpha value is -3.22. The van der Waals surface area contributed by atoms with E-state index in [-0.39, 0.29) is 5.91 Å². The number of amides is 1. The molecule has 31 heavy (non-hydrogen) atoms. The van der Waals surface area contributed by atoms with Crippen molar-refractivity contribution in [2.75, 3.05) is 37.8 Å². The minimum absolute atomic E-state index is 0.360. The Morgan fingerprint density at radius 2 is 1.45 bits per heavy atom. The van der Waals surface area contributed by atoms with Crippen LogP contribution in [0.25, 0.3) is 0 Å². The van der Waals surface area contributed by atoms with E-state index >= 15 is 0 Å². The Morgan fingerprint density at radius 1 is 0.903 bits per heavy atom. The van der Waals surface area contributed by atoms with Gasteiger partial charge in [0.2, 0.25) is 5.75 Å². The molecule has 168 valence electrons. The van der Waals surface area contributed by atoms with Gasteiger partial charge in [-0.2, -0.15) is 5.10 Å². The van der Waals surface area contributed by atoms with Gasteiger partial charge in [0.15, 0.2) is 11.5 Å². The van der Waals surface area contributed by atoms with E-state index in [0.717, 1.165) is 24.3 Å². The summed E-state index contributed by atoms with van der Waals surface area (Å²) in [7, 11) is 0. The molecule has 0 bridgehead atoms. The molecule has 0 saturated carbocycles. The van der Waals surface area contributed by atoms with E-state index in [2.05, 4.69) is 29.3 Å². The van der Waals surface area contributed by atoms with Crippen LogP contribution in [0.3, 0.4) is 0 Å². The standard InChI is InChI=1S/C24H33N3O4/c1-6-27(7-2)20-13-11-18(12-14-20)17-25-26-24(28)19-15-21(29-8-3)23(31-10-5)22(16-19)30-9-4/h11-17H,6-10H2,1-5H3,(H,26,28)/b25-17+. The van der Waals surface area contributed by atoms with Crippen LogP contribution in [0, 0.1) is 0 Å². The van der Waals surface area contributed by atoms with Crippen LogP contribution >= 0.6 is 0 Å². The van der Waals surface area contributed by atoms with Crippen LogP contribution in [0.15, 0.2) is 41.5 Å². The molecule has 0 aliphatic rings. The lowest BCUT2D eigenvalue weighted by atomic mass is 10.1. The number of rotatable bonds is 12. The van der Waals surface area contributed by atoms with Crippen LogP contribution < -0.4 is 24.5 Å². The number of nitrogens with zero attached hydrogens (tertiary/aromatic N) is 2. The number of hydrazone groups is 1. The van der Waals surface area contributed by atoms with Crippen molar-refractivity contribution in [3.63, 3.8) is 0 Å². The van der Waals surface area contributed by atoms with E-state index in [9.17, 15) is 4.79 Å². The lowest BCUT2D eigenvalue weighted by molar-refractivity contribution is 0.0954. The molecule has 1 N–H and O–H groups in total. The van der Waals surface area contributed by atoms with Gasteiger partial charge in [0.25, 0.3) is 5.91 Å². The van der Waals surface area contributed by atoms with Gasteiger partial charge in [0, 0.05) is 24.3 Å². The molecule has 7 heteroatoms. The van der Waals surface area contributed by atoms with E-state index in [1.807, 2.05) is 45.0 Å². The van der Waals surface area contributed by atoms with Gasteiger partial charge in [-0.25, -0.2) is 5.43 Å². The van der Waals surface area contributed by atoms with E-state index in [1.165, 1.54) is 0 Å². The summed E-state index contributed by atoms with van der Waals surface area (Å²) in [4.78, 5) is 14.9. The van der Waals surface area contributed by atoms with Crippen LogP contribution in [-0.4, -0.2) is 45.0 Å². The molecular formula is C24H33N3O4. The molecule has 0 aromatic heterocycles. The second-order valence-corrected chi connectivity index (χ2v) is 6.56. The van der Waals surface area contributed by atoms with E-state index in [4.69, 9.17) is 14.2 Å². The Bertz CT molecular complexity index is 835. The van der Waals surface area contributed by atoms with Crippen molar-refractivity contribution in [2.24, 2.45) is 5.10 Å². The maximum atomic E-state index is 12.7. The molecule has 0 radical (unpaired) electrons. The number of ether oxygens (including phenoxy) is 3. The maximum Gasteiger partial charge on any atom is 0.271 e. The van der Waals surface area contributed by atoms with Crippen LogP contribution in [0.4, 0.5) is 5.69 Å². The van der Waals surface area contributed by atoms with Gasteiger partial charge in [0.05, 0.1) is 26.0 Å². The van der Waals surface area contributed by atoms with Crippen LogP contribution in [-0.2, 0) is 0 Å². The lowest BCUT2D eigenvalue weighted by Crippen LogP contribution is -2.21. The topological polar surface area (TPSA) is 72.4 Å². The first-order valence-corrected chi connectivity index (χ1v) is 10.8. The van der Waals surface area contributed by atoms with Crippen molar-refractivity contribution in [2.45, 2.75) is 34.6 Å². The Labute approximate surface area is 185 Å². The molecule has 0 spiro atoms. The van der Waals surface area contributed by atoms with Gasteiger partial charge in [-0.05, 0) is 64.4 Å². The van der Waals surface area contributed by atoms with Gasteiger partial charge in [-0.3, -0.25) is 4.79 Å². The zero-order valence-electron chi connectivity index (χ0n) is 19.1. The molecular weight excluding hydrogens is 394 g/mol. The number of carbonyl (C=O) groups is 1. The fourth-order valence-corrected chi connectivity index (χ4v) is 3.11. The zero-order valence-corrected chi connectivity index (χ0v) is 19.1. The molecule has 0 atom stereocenters. The van der Waals surface area contributed by atoms with Crippen molar-refractivity contribution in [3.8, 4) is 17.2 Å². The van der Waals surface area contributed by atoms with E-state index in [0.29, 0.717) is 42.6 Å². The highest BCUT2D eigenvalue weighted by molar-refractivity contribution is 5.96. The number of hydrogen-bond donors (Lipinski definition) is 1. The zero-order chi connectivity index (χ0) is 22.6. The van der Waals surface area contributed by atoms with Crippen molar-refractivity contribution in [3.05, 3.63) is 47.5 Å². The number of anilines is 1. The second kappa shape index (κ2) is 12.5. The van der Waals surface area contributed by atoms with Crippen molar-refractivity contribution >= 4 is 17.8 Å². The molecule has 0 fully saturated rings. The van der Waals surface area contributed by atoms with Crippen LogP contribution in [0.2, 0.25) is 0 Å². The molecule has 2 aromatic carbocycles. The maximum absolute atomic E-state index is 12.7. The molecule has 0 saturated heterocycles. The Kier molecular flexibility index (Phi) is 9.68. The summed E-state index contributed by atoms with van der Waals surface area (Å²) < 4.78 is 17.0. The Balaban J connectivity index is 2.15. The van der Waals surface area contributed by atoms with Gasteiger partial charge in [0.1, 0.15) is 0 Å². The molecule has 2 rings (SSSR count). The third-order valence-corrected chi connectivity index (χ3v) is 4.57. The van der Waals surface area contributed by atoms with Crippen LogP contribution in [0.5, 0.6) is 17.2 Å². The van der Waals surface area contributed by atoms with E-state index in [1.54, 1.807) is 18.3 Å². The normalized spacial score (nSPS) is 10.7. The molecule has 0 unspecified atom stereocenters. The van der Waals surface area contributed by atoms with E-state index < -0.39 is 0 Å². The third-order valence-electron chi connectivity index (χ3n) is 4.57. The third kappa shape index (κ3) is 6.64. The minimum Gasteiger partial charge on any atom is -0.490 e. The summed E-state index contributed by atoms with van der Waals surface area (Å²) in [6.45, 7) is 13.1. The van der Waals surface area contributed by atoms with Crippen molar-refractivity contribution in [1.82, 2.24) is 5.43 Å². The van der Waals surface area contributed by atoms with Crippen molar-refractivity contribution in [1.29, 1.82) is 0 Å². The molecule has 1 amide bonds. The summed E-state index contributed by atoms with van der Waals surface area (Å²) in [5.41, 5.74) is 5.00. The SMILES string of the molecule is CCOc1cc(C(=O)N/N=C/c2ccc(N(CC)CC)cc2)cc(OCC)c1OCC. The minimum atomic E-state index is -0.360. The summed E-state index contributed by atoms with van der Waals surface area (Å²) in [5.74, 6) is 1.08. The predicted octanol–water partition coefficient (Wildman–Crippen LogP) is 4.49. The fraction of sp³-hybridized carbons (Fsp3) is 0.417. The summed E-state index contributed by atoms with van der Waals surface area (Å²) in [5, 5.41) is 4.09. The van der Waals surface area contributed by atoms with Gasteiger partial charge < -0.3 is 19.1 Å². The first-order valence-electron chi connectivity index (χ1n) is 10.8. The first kappa shape index (κ1) is 24.1. The average Bonchev–Trinajstić information content (AvgIpc) is 2.78. The van der Waals surface area contributed by atoms with Gasteiger partial charge in [-0.15, -0.1) is 0 Å². The van der Waals surface area contributed by atoms with Gasteiger partial charge >= 0.3 is 0 Å². The second-order valence-electron chi connectivity index (χ2n) is 6.56. The molecule has 0 aliphatic carbocycles. The number of benzene rings is 2. The predicted molar refractivity (Wildman–Crippen MR) is 125 cm³/mol. The Morgan fingerprint density at radius 3 is 1.94 bits per heavy atom. The number of hydrogen-bond acceptors (Lipinski definition) is 6. The smallest absolute Gasteiger partial charge is 0.271 e. The highest BCUT2D eigenvalue weighted by Gasteiger charge is 2.18. The van der Waals surface area contributed by atoms with Crippen LogP contribution in [0.1, 0.15) is 50.5 Å². The highest BCUT2D eigenvalue weighted by Crippen LogP contribution is 2.39. The lowest BCUT2D eigenvalue weighted by Gasteiger charge is -2.20. The average molecular weight is 428 g/mol. The monoisotopic (exact) mass is 427 g/mol. The molecule has 7 nitrogen and oxygen atoms in total. The summed E-state index contributed by atoms with van der Waals surface area (Å²) >= 11 is 0. The molecule has 0 aliphatic heterocycles. The largest absolute Gasteiger partial charge is 0.490 e.